The van der Waals surface area contributed by atoms with E-state index >= 15 is 0 Å². The first-order valence-electron chi connectivity index (χ1n) is 6.96. The lowest BCUT2D eigenvalue weighted by Crippen LogP contribution is -2.35. The monoisotopic (exact) mass is 274 g/mol. The number of nitrogens with one attached hydrogen (secondary N) is 1. The van der Waals surface area contributed by atoms with Crippen LogP contribution in [-0.4, -0.2) is 31.2 Å². The van der Waals surface area contributed by atoms with Gasteiger partial charge in [0.05, 0.1) is 13.1 Å². The molecule has 0 radical (unpaired) electrons. The summed E-state index contributed by atoms with van der Waals surface area (Å²) in [6, 6.07) is 7.74. The van der Waals surface area contributed by atoms with E-state index in [2.05, 4.69) is 5.32 Å². The van der Waals surface area contributed by atoms with E-state index in [1.807, 2.05) is 31.2 Å². The predicted molar refractivity (Wildman–Crippen MR) is 74.5 cm³/mol. The zero-order chi connectivity index (χ0) is 14.1. The third-order valence-electron chi connectivity index (χ3n) is 3.67. The van der Waals surface area contributed by atoms with Gasteiger partial charge in [-0.25, -0.2) is 4.79 Å². The normalized spacial score (nSPS) is 21.8. The second kappa shape index (κ2) is 5.15. The third kappa shape index (κ3) is 2.76. The quantitative estimate of drug-likeness (QED) is 0.911. The van der Waals surface area contributed by atoms with Crippen molar-refractivity contribution >= 4 is 17.7 Å². The molecule has 2 aliphatic rings. The molecule has 2 fully saturated rings. The van der Waals surface area contributed by atoms with Crippen molar-refractivity contribution in [3.8, 4) is 0 Å². The molecule has 1 aromatic rings. The van der Waals surface area contributed by atoms with Gasteiger partial charge in [-0.3, -0.25) is 9.69 Å². The van der Waals surface area contributed by atoms with Gasteiger partial charge in [-0.2, -0.15) is 0 Å². The van der Waals surface area contributed by atoms with Crippen molar-refractivity contribution in [2.75, 3.05) is 18.0 Å². The minimum absolute atomic E-state index is 0.0786. The number of carbonyl (C=O) groups is 2. The summed E-state index contributed by atoms with van der Waals surface area (Å²) in [5.74, 6) is 0.259. The van der Waals surface area contributed by atoms with Crippen LogP contribution in [0.25, 0.3) is 0 Å². The molecule has 0 aromatic heterocycles. The number of rotatable bonds is 4. The lowest BCUT2D eigenvalue weighted by Gasteiger charge is -2.13. The Labute approximate surface area is 117 Å². The van der Waals surface area contributed by atoms with E-state index in [1.54, 1.807) is 4.90 Å². The average Bonchev–Trinajstić information content (AvgIpc) is 3.21. The zero-order valence-electron chi connectivity index (χ0n) is 11.5. The van der Waals surface area contributed by atoms with Crippen LogP contribution in [0.5, 0.6) is 0 Å². The Bertz CT molecular complexity index is 522. The topological polar surface area (TPSA) is 58.6 Å². The number of amides is 2. The summed E-state index contributed by atoms with van der Waals surface area (Å²) in [6.45, 7) is 2.87. The Hall–Kier alpha value is -2.04. The van der Waals surface area contributed by atoms with Crippen molar-refractivity contribution in [1.29, 1.82) is 0 Å². The molecule has 1 heterocycles. The van der Waals surface area contributed by atoms with Gasteiger partial charge < -0.3 is 10.1 Å². The fourth-order valence-corrected chi connectivity index (χ4v) is 2.27. The first-order valence-corrected chi connectivity index (χ1v) is 6.96. The molecule has 0 bridgehead atoms. The Kier molecular flexibility index (Phi) is 3.34. The van der Waals surface area contributed by atoms with Gasteiger partial charge in [0.15, 0.2) is 0 Å². The standard InChI is InChI=1S/C15H18N2O3/c1-10-2-6-12(7-3-10)17-9-13(20-15(17)19)8-16-14(18)11-4-5-11/h2-3,6-7,11,13H,4-5,8-9H2,1H3,(H,16,18). The second-order valence-corrected chi connectivity index (χ2v) is 5.47. The number of aryl methyl sites for hydroxylation is 1. The fraction of sp³-hybridized carbons (Fsp3) is 0.467. The number of hydrogen-bond donors (Lipinski definition) is 1. The van der Waals surface area contributed by atoms with Gasteiger partial charge in [0, 0.05) is 11.6 Å². The summed E-state index contributed by atoms with van der Waals surface area (Å²) in [4.78, 5) is 25.0. The van der Waals surface area contributed by atoms with Crippen LogP contribution < -0.4 is 10.2 Å². The second-order valence-electron chi connectivity index (χ2n) is 5.47. The predicted octanol–water partition coefficient (Wildman–Crippen LogP) is 1.85. The Morgan fingerprint density at radius 1 is 1.35 bits per heavy atom. The molecule has 1 unspecified atom stereocenters. The van der Waals surface area contributed by atoms with Crippen molar-refractivity contribution in [3.63, 3.8) is 0 Å². The third-order valence-corrected chi connectivity index (χ3v) is 3.67. The van der Waals surface area contributed by atoms with Gasteiger partial charge >= 0.3 is 6.09 Å². The molecule has 1 atom stereocenters. The molecule has 1 aliphatic carbocycles. The van der Waals surface area contributed by atoms with Crippen LogP contribution in [0.15, 0.2) is 24.3 Å². The number of benzene rings is 1. The van der Waals surface area contributed by atoms with Gasteiger partial charge in [-0.1, -0.05) is 17.7 Å². The molecule has 1 aliphatic heterocycles. The lowest BCUT2D eigenvalue weighted by atomic mass is 10.2. The van der Waals surface area contributed by atoms with E-state index in [9.17, 15) is 9.59 Å². The van der Waals surface area contributed by atoms with Crippen LogP contribution in [-0.2, 0) is 9.53 Å². The fourth-order valence-electron chi connectivity index (χ4n) is 2.27. The van der Waals surface area contributed by atoms with Crippen molar-refractivity contribution in [2.24, 2.45) is 5.92 Å². The Balaban J connectivity index is 1.57. The molecule has 5 nitrogen and oxygen atoms in total. The molecular formula is C15H18N2O3. The van der Waals surface area contributed by atoms with Crippen LogP contribution in [0, 0.1) is 12.8 Å². The van der Waals surface area contributed by atoms with E-state index < -0.39 is 0 Å². The van der Waals surface area contributed by atoms with Crippen molar-refractivity contribution in [1.82, 2.24) is 5.32 Å². The summed E-state index contributed by atoms with van der Waals surface area (Å²) < 4.78 is 5.28. The van der Waals surface area contributed by atoms with Crippen LogP contribution in [0.1, 0.15) is 18.4 Å². The van der Waals surface area contributed by atoms with Crippen LogP contribution in [0.3, 0.4) is 0 Å². The number of ether oxygens (including phenoxy) is 1. The number of hydrogen-bond acceptors (Lipinski definition) is 3. The molecule has 2 amide bonds. The van der Waals surface area contributed by atoms with E-state index in [0.717, 1.165) is 24.1 Å². The number of anilines is 1. The minimum Gasteiger partial charge on any atom is -0.442 e. The maximum absolute atomic E-state index is 11.9. The summed E-state index contributed by atoms with van der Waals surface area (Å²) in [7, 11) is 0. The molecule has 1 N–H and O–H groups in total. The van der Waals surface area contributed by atoms with Gasteiger partial charge in [-0.15, -0.1) is 0 Å². The first-order chi connectivity index (χ1) is 9.63. The van der Waals surface area contributed by atoms with E-state index in [1.165, 1.54) is 0 Å². The molecule has 0 spiro atoms. The maximum Gasteiger partial charge on any atom is 0.414 e. The summed E-state index contributed by atoms with van der Waals surface area (Å²) in [6.07, 6.45) is 1.34. The van der Waals surface area contributed by atoms with Crippen molar-refractivity contribution in [3.05, 3.63) is 29.8 Å². The summed E-state index contributed by atoms with van der Waals surface area (Å²) >= 11 is 0. The summed E-state index contributed by atoms with van der Waals surface area (Å²) in [5.41, 5.74) is 1.98. The van der Waals surface area contributed by atoms with Crippen molar-refractivity contribution < 1.29 is 14.3 Å². The van der Waals surface area contributed by atoms with E-state index in [0.29, 0.717) is 13.1 Å². The number of carbonyl (C=O) groups excluding carboxylic acids is 2. The highest BCUT2D eigenvalue weighted by atomic mass is 16.6. The van der Waals surface area contributed by atoms with E-state index in [4.69, 9.17) is 4.74 Å². The number of nitrogens with zero attached hydrogens (tertiary/aromatic N) is 1. The highest BCUT2D eigenvalue weighted by Gasteiger charge is 2.34. The molecule has 5 heteroatoms. The Morgan fingerprint density at radius 2 is 2.05 bits per heavy atom. The van der Waals surface area contributed by atoms with Crippen LogP contribution in [0.2, 0.25) is 0 Å². The maximum atomic E-state index is 11.9. The van der Waals surface area contributed by atoms with Gasteiger partial charge in [0.25, 0.3) is 0 Å². The Morgan fingerprint density at radius 3 is 2.70 bits per heavy atom. The highest BCUT2D eigenvalue weighted by molar-refractivity contribution is 5.89. The van der Waals surface area contributed by atoms with E-state index in [-0.39, 0.29) is 24.0 Å². The van der Waals surface area contributed by atoms with Gasteiger partial charge in [0.1, 0.15) is 6.10 Å². The molecule has 1 saturated carbocycles. The molecule has 20 heavy (non-hydrogen) atoms. The van der Waals surface area contributed by atoms with Crippen LogP contribution in [0.4, 0.5) is 10.5 Å². The van der Waals surface area contributed by atoms with Crippen molar-refractivity contribution in [2.45, 2.75) is 25.9 Å². The highest BCUT2D eigenvalue weighted by Crippen LogP contribution is 2.29. The zero-order valence-corrected chi connectivity index (χ0v) is 11.5. The van der Waals surface area contributed by atoms with Crippen LogP contribution >= 0.6 is 0 Å². The molecule has 1 aromatic carbocycles. The lowest BCUT2D eigenvalue weighted by molar-refractivity contribution is -0.122. The molecule has 1 saturated heterocycles. The minimum atomic E-state index is -0.348. The largest absolute Gasteiger partial charge is 0.442 e. The smallest absolute Gasteiger partial charge is 0.414 e. The SMILES string of the molecule is Cc1ccc(N2CC(CNC(=O)C3CC3)OC2=O)cc1. The van der Waals surface area contributed by atoms with Gasteiger partial charge in [0.2, 0.25) is 5.91 Å². The molecular weight excluding hydrogens is 256 g/mol. The number of cyclic esters (lactones) is 1. The summed E-state index contributed by atoms with van der Waals surface area (Å²) in [5, 5.41) is 2.85. The molecule has 3 rings (SSSR count). The first kappa shape index (κ1) is 13.0. The van der Waals surface area contributed by atoms with Gasteiger partial charge in [-0.05, 0) is 31.9 Å². The average molecular weight is 274 g/mol. The molecule has 106 valence electrons.